The van der Waals surface area contributed by atoms with Crippen molar-refractivity contribution in [1.29, 1.82) is 0 Å². The van der Waals surface area contributed by atoms with Gasteiger partial charge in [-0.15, -0.1) is 0 Å². The third-order valence-corrected chi connectivity index (χ3v) is 2.91. The lowest BCUT2D eigenvalue weighted by Gasteiger charge is -2.21. The smallest absolute Gasteiger partial charge is 0.0701 e. The number of hydrogen-bond acceptors (Lipinski definition) is 4. The van der Waals surface area contributed by atoms with Crippen LogP contribution in [0.15, 0.2) is 0 Å². The van der Waals surface area contributed by atoms with Gasteiger partial charge in [0.2, 0.25) is 0 Å². The number of nitrogens with zero attached hydrogens (tertiary/aromatic N) is 1. The summed E-state index contributed by atoms with van der Waals surface area (Å²) in [5.74, 6) is 0. The Kier molecular flexibility index (Phi) is 12.5. The molecule has 0 radical (unpaired) electrons. The van der Waals surface area contributed by atoms with Crippen molar-refractivity contribution in [3.05, 3.63) is 0 Å². The highest BCUT2D eigenvalue weighted by Crippen LogP contribution is 1.97. The van der Waals surface area contributed by atoms with E-state index in [0.29, 0.717) is 13.2 Å². The van der Waals surface area contributed by atoms with E-state index >= 15 is 0 Å². The molecule has 4 heteroatoms. The van der Waals surface area contributed by atoms with Crippen LogP contribution in [-0.4, -0.2) is 63.0 Å². The van der Waals surface area contributed by atoms with Gasteiger partial charge in [0.05, 0.1) is 26.4 Å². The number of ether oxygens (including phenoxy) is 2. The summed E-state index contributed by atoms with van der Waals surface area (Å²) < 4.78 is 11.1. The van der Waals surface area contributed by atoms with E-state index in [1.54, 1.807) is 0 Å². The predicted octanol–water partition coefficient (Wildman–Crippen LogP) is 2.53. The van der Waals surface area contributed by atoms with Crippen molar-refractivity contribution in [2.45, 2.75) is 53.0 Å². The summed E-state index contributed by atoms with van der Waals surface area (Å²) in [4.78, 5) is 2.47. The minimum atomic E-state index is 0.169. The van der Waals surface area contributed by atoms with E-state index in [1.807, 2.05) is 0 Å². The Morgan fingerprint density at radius 3 is 1.85 bits per heavy atom. The molecule has 0 saturated carbocycles. The van der Waals surface area contributed by atoms with E-state index in [2.05, 4.69) is 44.8 Å². The van der Waals surface area contributed by atoms with Crippen LogP contribution in [0, 0.1) is 0 Å². The molecule has 0 heterocycles. The fourth-order valence-electron chi connectivity index (χ4n) is 1.98. The molecule has 4 nitrogen and oxygen atoms in total. The number of nitrogens with one attached hydrogen (secondary N) is 1. The Labute approximate surface area is 126 Å². The van der Waals surface area contributed by atoms with Crippen LogP contribution >= 0.6 is 0 Å². The lowest BCUT2D eigenvalue weighted by atomic mass is 10.1. The molecule has 0 bridgehead atoms. The van der Waals surface area contributed by atoms with Crippen LogP contribution in [0.3, 0.4) is 0 Å². The van der Waals surface area contributed by atoms with Crippen LogP contribution in [0.1, 0.15) is 47.5 Å². The Balaban J connectivity index is 3.31. The predicted molar refractivity (Wildman–Crippen MR) is 86.4 cm³/mol. The molecule has 0 amide bonds. The zero-order chi connectivity index (χ0) is 15.3. The van der Waals surface area contributed by atoms with Gasteiger partial charge in [0.25, 0.3) is 0 Å². The molecule has 0 spiro atoms. The lowest BCUT2D eigenvalue weighted by molar-refractivity contribution is 0.0384. The maximum Gasteiger partial charge on any atom is 0.0701 e. The quantitative estimate of drug-likeness (QED) is 0.528. The van der Waals surface area contributed by atoms with Gasteiger partial charge in [0, 0.05) is 18.6 Å². The molecule has 0 aromatic rings. The summed E-state index contributed by atoms with van der Waals surface area (Å²) in [5, 5.41) is 3.39. The molecule has 20 heavy (non-hydrogen) atoms. The molecule has 0 aromatic carbocycles. The standard InChI is InChI=1S/C16H36N2O2/c1-6-9-18(10-7-2)11-13-20-15-14-19-12-8-17-16(3,4)5/h17H,6-15H2,1-5H3. The van der Waals surface area contributed by atoms with Crippen molar-refractivity contribution < 1.29 is 9.47 Å². The van der Waals surface area contributed by atoms with Crippen LogP contribution in [0.2, 0.25) is 0 Å². The zero-order valence-corrected chi connectivity index (χ0v) is 14.3. The molecule has 0 rings (SSSR count). The summed E-state index contributed by atoms with van der Waals surface area (Å²) in [7, 11) is 0. The lowest BCUT2D eigenvalue weighted by Crippen LogP contribution is -2.38. The average Bonchev–Trinajstić information content (AvgIpc) is 2.36. The van der Waals surface area contributed by atoms with Gasteiger partial charge >= 0.3 is 0 Å². The van der Waals surface area contributed by atoms with Gasteiger partial charge in [-0.05, 0) is 46.7 Å². The SMILES string of the molecule is CCCN(CCC)CCOCCOCCNC(C)(C)C. The number of rotatable bonds is 13. The third kappa shape index (κ3) is 14.3. The number of hydrogen-bond donors (Lipinski definition) is 1. The highest BCUT2D eigenvalue weighted by atomic mass is 16.5. The Morgan fingerprint density at radius 2 is 1.35 bits per heavy atom. The third-order valence-electron chi connectivity index (χ3n) is 2.91. The van der Waals surface area contributed by atoms with Crippen molar-refractivity contribution in [2.24, 2.45) is 0 Å². The highest BCUT2D eigenvalue weighted by Gasteiger charge is 2.07. The first-order valence-corrected chi connectivity index (χ1v) is 8.12. The van der Waals surface area contributed by atoms with Gasteiger partial charge in [-0.1, -0.05) is 13.8 Å². The molecule has 0 aliphatic carbocycles. The second kappa shape index (κ2) is 12.6. The van der Waals surface area contributed by atoms with Crippen LogP contribution < -0.4 is 5.32 Å². The van der Waals surface area contributed by atoms with Gasteiger partial charge in [-0.25, -0.2) is 0 Å². The topological polar surface area (TPSA) is 33.7 Å². The van der Waals surface area contributed by atoms with Crippen molar-refractivity contribution in [1.82, 2.24) is 10.2 Å². The van der Waals surface area contributed by atoms with Crippen LogP contribution in [0.5, 0.6) is 0 Å². The fourth-order valence-corrected chi connectivity index (χ4v) is 1.98. The summed E-state index contributed by atoms with van der Waals surface area (Å²) in [6, 6.07) is 0. The van der Waals surface area contributed by atoms with Crippen molar-refractivity contribution in [3.8, 4) is 0 Å². The van der Waals surface area contributed by atoms with Crippen LogP contribution in [-0.2, 0) is 9.47 Å². The molecule has 0 saturated heterocycles. The maximum atomic E-state index is 5.62. The molecule has 0 aliphatic rings. The average molecular weight is 288 g/mol. The molecule has 122 valence electrons. The maximum absolute atomic E-state index is 5.62. The normalized spacial score (nSPS) is 12.3. The first-order chi connectivity index (χ1) is 9.49. The minimum absolute atomic E-state index is 0.169. The fraction of sp³-hybridized carbons (Fsp3) is 1.00. The van der Waals surface area contributed by atoms with E-state index in [4.69, 9.17) is 9.47 Å². The van der Waals surface area contributed by atoms with Crippen molar-refractivity contribution in [3.63, 3.8) is 0 Å². The van der Waals surface area contributed by atoms with Gasteiger partial charge in [0.15, 0.2) is 0 Å². The largest absolute Gasteiger partial charge is 0.378 e. The summed E-state index contributed by atoms with van der Waals surface area (Å²) in [5.41, 5.74) is 0.169. The van der Waals surface area contributed by atoms with Gasteiger partial charge < -0.3 is 19.7 Å². The van der Waals surface area contributed by atoms with Crippen LogP contribution in [0.25, 0.3) is 0 Å². The molecule has 0 fully saturated rings. The van der Waals surface area contributed by atoms with Gasteiger partial charge in [-0.3, -0.25) is 0 Å². The molecule has 0 aromatic heterocycles. The molecular weight excluding hydrogens is 252 g/mol. The Hall–Kier alpha value is -0.160. The second-order valence-electron chi connectivity index (χ2n) is 6.24. The van der Waals surface area contributed by atoms with Crippen LogP contribution in [0.4, 0.5) is 0 Å². The van der Waals surface area contributed by atoms with Crippen molar-refractivity contribution >= 4 is 0 Å². The van der Waals surface area contributed by atoms with Gasteiger partial charge in [0.1, 0.15) is 0 Å². The van der Waals surface area contributed by atoms with E-state index in [-0.39, 0.29) is 5.54 Å². The summed E-state index contributed by atoms with van der Waals surface area (Å²) in [6.07, 6.45) is 2.42. The first-order valence-electron chi connectivity index (χ1n) is 8.12. The van der Waals surface area contributed by atoms with Crippen molar-refractivity contribution in [2.75, 3.05) is 52.6 Å². The van der Waals surface area contributed by atoms with E-state index in [9.17, 15) is 0 Å². The molecule has 0 aliphatic heterocycles. The van der Waals surface area contributed by atoms with E-state index in [1.165, 1.54) is 25.9 Å². The van der Waals surface area contributed by atoms with E-state index < -0.39 is 0 Å². The molecule has 0 unspecified atom stereocenters. The van der Waals surface area contributed by atoms with E-state index in [0.717, 1.165) is 26.3 Å². The molecule has 0 atom stereocenters. The van der Waals surface area contributed by atoms with Gasteiger partial charge in [-0.2, -0.15) is 0 Å². The second-order valence-corrected chi connectivity index (χ2v) is 6.24. The Morgan fingerprint density at radius 1 is 0.800 bits per heavy atom. The molecular formula is C16H36N2O2. The zero-order valence-electron chi connectivity index (χ0n) is 14.3. The molecule has 1 N–H and O–H groups in total. The first kappa shape index (κ1) is 19.8. The monoisotopic (exact) mass is 288 g/mol. The highest BCUT2D eigenvalue weighted by molar-refractivity contribution is 4.69. The summed E-state index contributed by atoms with van der Waals surface area (Å²) in [6.45, 7) is 18.1. The summed E-state index contributed by atoms with van der Waals surface area (Å²) >= 11 is 0. The Bertz CT molecular complexity index is 199. The minimum Gasteiger partial charge on any atom is -0.378 e.